The van der Waals surface area contributed by atoms with E-state index in [9.17, 15) is 8.42 Å². The zero-order valence-electron chi connectivity index (χ0n) is 10.8. The van der Waals surface area contributed by atoms with Crippen molar-refractivity contribution in [2.24, 2.45) is 0 Å². The molecule has 19 heavy (non-hydrogen) atoms. The van der Waals surface area contributed by atoms with Crippen molar-refractivity contribution in [3.05, 3.63) is 29.3 Å². The Balaban J connectivity index is 2.29. The van der Waals surface area contributed by atoms with E-state index in [-0.39, 0.29) is 0 Å². The van der Waals surface area contributed by atoms with Gasteiger partial charge in [0.05, 0.1) is 6.07 Å². The smallest absolute Gasteiger partial charge is 0.230 e. The summed E-state index contributed by atoms with van der Waals surface area (Å²) >= 11 is 0. The molecule has 1 aromatic rings. The number of rotatable bonds is 3. The number of hydrogen-bond acceptors (Lipinski definition) is 4. The van der Waals surface area contributed by atoms with Crippen LogP contribution in [0.2, 0.25) is 0 Å². The van der Waals surface area contributed by atoms with Gasteiger partial charge in [-0.3, -0.25) is 0 Å². The minimum absolute atomic E-state index is 0.305. The molecule has 102 valence electrons. The van der Waals surface area contributed by atoms with E-state index in [1.807, 2.05) is 24.3 Å². The van der Waals surface area contributed by atoms with Gasteiger partial charge in [0.1, 0.15) is 0 Å². The summed E-state index contributed by atoms with van der Waals surface area (Å²) < 4.78 is 26.0. The molecule has 0 aromatic heterocycles. The number of nitrogens with zero attached hydrogens (tertiary/aromatic N) is 2. The maximum Gasteiger partial charge on any atom is 0.230 e. The van der Waals surface area contributed by atoms with Crippen LogP contribution in [0.5, 0.6) is 0 Å². The van der Waals surface area contributed by atoms with Crippen molar-refractivity contribution in [3.63, 3.8) is 0 Å². The van der Waals surface area contributed by atoms with Gasteiger partial charge in [-0.25, -0.2) is 8.42 Å². The standard InChI is InChI=1S/C13H17N3O2S/c1-2-13(8-14)19(17,18)16-6-5-10-3-4-12(15)7-11(10)9-16/h3-4,7,13H,2,5-6,9,15H2,1H3. The fraction of sp³-hybridized carbons (Fsp3) is 0.462. The van der Waals surface area contributed by atoms with Crippen molar-refractivity contribution >= 4 is 15.7 Å². The number of anilines is 1. The number of sulfonamides is 1. The second kappa shape index (κ2) is 5.19. The van der Waals surface area contributed by atoms with E-state index < -0.39 is 15.3 Å². The molecule has 0 saturated heterocycles. The average Bonchev–Trinajstić information content (AvgIpc) is 2.38. The molecule has 0 radical (unpaired) electrons. The molecule has 0 aliphatic carbocycles. The Morgan fingerprint density at radius 3 is 2.84 bits per heavy atom. The lowest BCUT2D eigenvalue weighted by atomic mass is 10.0. The van der Waals surface area contributed by atoms with E-state index in [0.29, 0.717) is 31.6 Å². The van der Waals surface area contributed by atoms with E-state index in [4.69, 9.17) is 11.0 Å². The number of nitrogen functional groups attached to an aromatic ring is 1. The average molecular weight is 279 g/mol. The zero-order chi connectivity index (χ0) is 14.0. The van der Waals surface area contributed by atoms with Crippen LogP contribution in [0.3, 0.4) is 0 Å². The van der Waals surface area contributed by atoms with E-state index in [1.165, 1.54) is 4.31 Å². The molecule has 1 atom stereocenters. The largest absolute Gasteiger partial charge is 0.399 e. The SMILES string of the molecule is CCC(C#N)S(=O)(=O)N1CCc2ccc(N)cc2C1. The molecule has 1 aliphatic heterocycles. The Bertz CT molecular complexity index is 619. The minimum Gasteiger partial charge on any atom is -0.399 e. The summed E-state index contributed by atoms with van der Waals surface area (Å²) in [7, 11) is -3.55. The Kier molecular flexibility index (Phi) is 3.78. The molecule has 0 bridgehead atoms. The van der Waals surface area contributed by atoms with Crippen LogP contribution in [0.4, 0.5) is 5.69 Å². The fourth-order valence-electron chi connectivity index (χ4n) is 2.32. The summed E-state index contributed by atoms with van der Waals surface area (Å²) in [6.07, 6.45) is 0.968. The topological polar surface area (TPSA) is 87.2 Å². The number of benzene rings is 1. The van der Waals surface area contributed by atoms with Crippen molar-refractivity contribution in [2.45, 2.75) is 31.6 Å². The van der Waals surface area contributed by atoms with Gasteiger partial charge in [-0.05, 0) is 36.1 Å². The number of nitrogens with two attached hydrogens (primary N) is 1. The summed E-state index contributed by atoms with van der Waals surface area (Å²) in [4.78, 5) is 0. The Labute approximate surface area is 113 Å². The molecule has 0 fully saturated rings. The molecule has 1 heterocycles. The lowest BCUT2D eigenvalue weighted by Gasteiger charge is -2.29. The van der Waals surface area contributed by atoms with Crippen LogP contribution in [-0.2, 0) is 23.0 Å². The van der Waals surface area contributed by atoms with Gasteiger partial charge in [0.15, 0.2) is 5.25 Å². The van der Waals surface area contributed by atoms with E-state index in [1.54, 1.807) is 6.92 Å². The van der Waals surface area contributed by atoms with Gasteiger partial charge in [-0.15, -0.1) is 0 Å². The summed E-state index contributed by atoms with van der Waals surface area (Å²) in [5.41, 5.74) is 8.42. The Hall–Kier alpha value is -1.58. The van der Waals surface area contributed by atoms with Gasteiger partial charge in [0, 0.05) is 18.8 Å². The molecule has 5 nitrogen and oxygen atoms in total. The second-order valence-electron chi connectivity index (χ2n) is 4.68. The van der Waals surface area contributed by atoms with Crippen LogP contribution < -0.4 is 5.73 Å². The number of fused-ring (bicyclic) bond motifs is 1. The van der Waals surface area contributed by atoms with Gasteiger partial charge in [0.25, 0.3) is 0 Å². The minimum atomic E-state index is -3.55. The number of nitriles is 1. The fourth-order valence-corrected chi connectivity index (χ4v) is 3.90. The van der Waals surface area contributed by atoms with Crippen LogP contribution in [0.25, 0.3) is 0 Å². The predicted molar refractivity (Wildman–Crippen MR) is 73.6 cm³/mol. The van der Waals surface area contributed by atoms with Gasteiger partial charge in [0.2, 0.25) is 10.0 Å². The molecular weight excluding hydrogens is 262 g/mol. The second-order valence-corrected chi connectivity index (χ2v) is 6.80. The molecule has 1 unspecified atom stereocenters. The highest BCUT2D eigenvalue weighted by Gasteiger charge is 2.33. The van der Waals surface area contributed by atoms with E-state index in [2.05, 4.69) is 0 Å². The third-order valence-corrected chi connectivity index (χ3v) is 5.63. The predicted octanol–water partition coefficient (Wildman–Crippen LogP) is 1.26. The highest BCUT2D eigenvalue weighted by atomic mass is 32.2. The highest BCUT2D eigenvalue weighted by Crippen LogP contribution is 2.25. The molecule has 6 heteroatoms. The highest BCUT2D eigenvalue weighted by molar-refractivity contribution is 7.89. The van der Waals surface area contributed by atoms with Crippen molar-refractivity contribution in [2.75, 3.05) is 12.3 Å². The van der Waals surface area contributed by atoms with Crippen molar-refractivity contribution in [1.82, 2.24) is 4.31 Å². The van der Waals surface area contributed by atoms with E-state index >= 15 is 0 Å². The van der Waals surface area contributed by atoms with Crippen LogP contribution in [-0.4, -0.2) is 24.5 Å². The Morgan fingerprint density at radius 1 is 1.47 bits per heavy atom. The van der Waals surface area contributed by atoms with Crippen molar-refractivity contribution < 1.29 is 8.42 Å². The van der Waals surface area contributed by atoms with Gasteiger partial charge < -0.3 is 5.73 Å². The lowest BCUT2D eigenvalue weighted by Crippen LogP contribution is -2.41. The van der Waals surface area contributed by atoms with Gasteiger partial charge in [-0.2, -0.15) is 9.57 Å². The molecule has 2 N–H and O–H groups in total. The van der Waals surface area contributed by atoms with Crippen molar-refractivity contribution in [1.29, 1.82) is 5.26 Å². The molecule has 1 aliphatic rings. The maximum atomic E-state index is 12.3. The Morgan fingerprint density at radius 2 is 2.21 bits per heavy atom. The van der Waals surface area contributed by atoms with Crippen molar-refractivity contribution in [3.8, 4) is 6.07 Å². The molecule has 0 spiro atoms. The molecule has 0 saturated carbocycles. The van der Waals surface area contributed by atoms with Gasteiger partial charge >= 0.3 is 0 Å². The summed E-state index contributed by atoms with van der Waals surface area (Å²) in [6.45, 7) is 2.44. The molecule has 1 aromatic carbocycles. The van der Waals surface area contributed by atoms with Crippen LogP contribution in [0.1, 0.15) is 24.5 Å². The first-order chi connectivity index (χ1) is 8.98. The molecule has 2 rings (SSSR count). The third kappa shape index (κ3) is 2.57. The van der Waals surface area contributed by atoms with Crippen LogP contribution >= 0.6 is 0 Å². The van der Waals surface area contributed by atoms with E-state index in [0.717, 1.165) is 11.1 Å². The summed E-state index contributed by atoms with van der Waals surface area (Å²) in [6, 6.07) is 7.45. The first-order valence-electron chi connectivity index (χ1n) is 6.25. The summed E-state index contributed by atoms with van der Waals surface area (Å²) in [5, 5.41) is 7.99. The molecule has 0 amide bonds. The maximum absolute atomic E-state index is 12.3. The molecular formula is C13H17N3O2S. The van der Waals surface area contributed by atoms with Crippen LogP contribution in [0.15, 0.2) is 18.2 Å². The normalized spacial score (nSPS) is 17.5. The third-order valence-electron chi connectivity index (χ3n) is 3.44. The first-order valence-corrected chi connectivity index (χ1v) is 7.75. The quantitative estimate of drug-likeness (QED) is 0.844. The monoisotopic (exact) mass is 279 g/mol. The zero-order valence-corrected chi connectivity index (χ0v) is 11.7. The van der Waals surface area contributed by atoms with Gasteiger partial charge in [-0.1, -0.05) is 13.0 Å². The summed E-state index contributed by atoms with van der Waals surface area (Å²) in [5.74, 6) is 0. The van der Waals surface area contributed by atoms with Crippen LogP contribution in [0, 0.1) is 11.3 Å². The first kappa shape index (κ1) is 13.8. The number of hydrogen-bond donors (Lipinski definition) is 1. The lowest BCUT2D eigenvalue weighted by molar-refractivity contribution is 0.387.